The molecule has 0 aromatic carbocycles. The van der Waals surface area contributed by atoms with Crippen LogP contribution >= 0.6 is 0 Å². The van der Waals surface area contributed by atoms with Gasteiger partial charge in [0.1, 0.15) is 0 Å². The molecule has 0 aliphatic rings. The van der Waals surface area contributed by atoms with Crippen molar-refractivity contribution in [1.29, 1.82) is 0 Å². The molecule has 7 heteroatoms. The van der Waals surface area contributed by atoms with Crippen molar-refractivity contribution in [3.05, 3.63) is 0 Å². The molecule has 0 radical (unpaired) electrons. The SMILES string of the molecule is CCO[Si](CCCN=C=O)(OCC)OCC.[AtH]. The molecule has 0 N–H and O–H groups in total. The first-order chi connectivity index (χ1) is 7.74. The molecule has 0 aromatic rings. The van der Waals surface area contributed by atoms with E-state index in [1.54, 1.807) is 0 Å². The first-order valence-corrected chi connectivity index (χ1v) is 7.63. The monoisotopic (exact) mass is 458 g/mol. The van der Waals surface area contributed by atoms with Crippen LogP contribution in [-0.2, 0) is 18.1 Å². The van der Waals surface area contributed by atoms with Gasteiger partial charge in [-0.3, -0.25) is 0 Å². The second kappa shape index (κ2) is 12.8. The predicted octanol–water partition coefficient (Wildman–Crippen LogP) is 1.49. The van der Waals surface area contributed by atoms with Crippen molar-refractivity contribution in [2.75, 3.05) is 26.4 Å². The number of hydrogen-bond donors (Lipinski definition) is 0. The van der Waals surface area contributed by atoms with Gasteiger partial charge in [0.15, 0.2) is 0 Å². The van der Waals surface area contributed by atoms with E-state index >= 15 is 0 Å². The fourth-order valence-corrected chi connectivity index (χ4v) is 4.02. The van der Waals surface area contributed by atoms with Crippen LogP contribution in [-0.4, -0.2) is 41.2 Å². The van der Waals surface area contributed by atoms with Crippen molar-refractivity contribution in [2.24, 2.45) is 4.99 Å². The van der Waals surface area contributed by atoms with E-state index in [4.69, 9.17) is 13.3 Å². The molecule has 17 heavy (non-hydrogen) atoms. The van der Waals surface area contributed by atoms with E-state index < -0.39 is 8.80 Å². The molecule has 0 saturated carbocycles. The number of aliphatic imine (C=N–C) groups is 1. The summed E-state index contributed by atoms with van der Waals surface area (Å²) in [6.07, 6.45) is 2.24. The number of hydrogen-bond acceptors (Lipinski definition) is 5. The second-order valence-electron chi connectivity index (χ2n) is 3.06. The molecule has 0 rings (SSSR count). The third kappa shape index (κ3) is 9.00. The maximum atomic E-state index is 9.93. The van der Waals surface area contributed by atoms with Crippen molar-refractivity contribution < 1.29 is 44.3 Å². The molecule has 0 heterocycles. The third-order valence-corrected chi connectivity index (χ3v) is 5.06. The van der Waals surface area contributed by atoms with Gasteiger partial charge in [-0.2, -0.15) is 0 Å². The molecule has 0 saturated heterocycles. The van der Waals surface area contributed by atoms with Gasteiger partial charge < -0.3 is 13.3 Å². The molecule has 0 unspecified atom stereocenters. The summed E-state index contributed by atoms with van der Waals surface area (Å²) >= 11 is 0. The van der Waals surface area contributed by atoms with Gasteiger partial charge in [-0.1, -0.05) is 0 Å². The summed E-state index contributed by atoms with van der Waals surface area (Å²) < 4.78 is 16.9. The van der Waals surface area contributed by atoms with Gasteiger partial charge in [-0.15, -0.1) is 0 Å². The van der Waals surface area contributed by atoms with Crippen LogP contribution in [0.4, 0.5) is 0 Å². The summed E-state index contributed by atoms with van der Waals surface area (Å²) in [5.41, 5.74) is 0. The van der Waals surface area contributed by atoms with Crippen LogP contribution in [0.15, 0.2) is 4.99 Å². The molecule has 0 atom stereocenters. The summed E-state index contributed by atoms with van der Waals surface area (Å²) in [7, 11) is -2.54. The Kier molecular flexibility index (Phi) is 14.8. The van der Waals surface area contributed by atoms with E-state index in [9.17, 15) is 4.79 Å². The van der Waals surface area contributed by atoms with Gasteiger partial charge in [-0.05, 0) is 27.2 Å². The van der Waals surface area contributed by atoms with Crippen molar-refractivity contribution in [3.63, 3.8) is 0 Å². The zero-order valence-electron chi connectivity index (χ0n) is 10.7. The Balaban J connectivity index is 0. The van der Waals surface area contributed by atoms with Gasteiger partial charge in [0.2, 0.25) is 6.08 Å². The van der Waals surface area contributed by atoms with Crippen molar-refractivity contribution >= 4 is 14.9 Å². The van der Waals surface area contributed by atoms with E-state index in [2.05, 4.69) is 4.99 Å². The Bertz CT molecular complexity index is 207. The standard InChI is InChI=1S/C10H21NO4Si.AtH/c1-4-13-16(14-5-2,15-6-3)9-7-8-11-10-12;/h4-9H2,1-3H3;1H. The fraction of sp³-hybridized carbons (Fsp3) is 0.900. The summed E-state index contributed by atoms with van der Waals surface area (Å²) in [5, 5.41) is 0. The average molecular weight is 458 g/mol. The topological polar surface area (TPSA) is 57.1 Å². The van der Waals surface area contributed by atoms with Crippen LogP contribution in [0.5, 0.6) is 0 Å². The van der Waals surface area contributed by atoms with Crippen LogP contribution in [0.2, 0.25) is 6.04 Å². The molecule has 0 bridgehead atoms. The Hall–Kier alpha value is 0.360. The second-order valence-corrected chi connectivity index (χ2v) is 5.79. The van der Waals surface area contributed by atoms with E-state index in [0.717, 1.165) is 6.42 Å². The maximum absolute atomic E-state index is 9.93. The van der Waals surface area contributed by atoms with Gasteiger partial charge in [0, 0.05) is 25.9 Å². The molecule has 0 aromatic heterocycles. The normalized spacial score (nSPS) is 10.5. The Morgan fingerprint density at radius 1 is 1.06 bits per heavy atom. The zero-order chi connectivity index (χ0) is 12.3. The molecule has 0 spiro atoms. The summed E-state index contributed by atoms with van der Waals surface area (Å²) in [6.45, 7) is 7.93. The van der Waals surface area contributed by atoms with Gasteiger partial charge in [0.05, 0.1) is 6.54 Å². The van der Waals surface area contributed by atoms with Gasteiger partial charge in [-0.25, -0.2) is 9.79 Å². The van der Waals surface area contributed by atoms with E-state index in [0.29, 0.717) is 32.4 Å². The molecule has 5 nitrogen and oxygen atoms in total. The molecular weight excluding hydrogens is 436 g/mol. The fourth-order valence-electron chi connectivity index (χ4n) is 1.42. The summed E-state index contributed by atoms with van der Waals surface area (Å²) in [6, 6.07) is 0.688. The molecule has 0 aliphatic carbocycles. The Morgan fingerprint density at radius 2 is 1.53 bits per heavy atom. The average Bonchev–Trinajstić information content (AvgIpc) is 2.26. The van der Waals surface area contributed by atoms with Crippen LogP contribution < -0.4 is 0 Å². The van der Waals surface area contributed by atoms with E-state index in [-0.39, 0.29) is 26.2 Å². The quantitative estimate of drug-likeness (QED) is 0.216. The van der Waals surface area contributed by atoms with Crippen LogP contribution in [0.1, 0.15) is 27.2 Å². The third-order valence-electron chi connectivity index (χ3n) is 1.91. The van der Waals surface area contributed by atoms with Gasteiger partial charge in [0.25, 0.3) is 0 Å². The summed E-state index contributed by atoms with van der Waals surface area (Å²) in [5.74, 6) is 0. The van der Waals surface area contributed by atoms with Crippen LogP contribution in [0.3, 0.4) is 0 Å². The van der Waals surface area contributed by atoms with Crippen LogP contribution in [0.25, 0.3) is 0 Å². The zero-order valence-corrected chi connectivity index (χ0v) is 14.9. The van der Waals surface area contributed by atoms with E-state index in [1.165, 1.54) is 6.08 Å². The first kappa shape index (κ1) is 19.7. The molecule has 102 valence electrons. The minimum absolute atomic E-state index is 0. The minimum atomic E-state index is -2.54. The summed E-state index contributed by atoms with van der Waals surface area (Å²) in [4.78, 5) is 13.4. The molecule has 0 amide bonds. The number of nitrogens with zero attached hydrogens (tertiary/aromatic N) is 1. The Morgan fingerprint density at radius 3 is 1.88 bits per heavy atom. The van der Waals surface area contributed by atoms with E-state index in [1.807, 2.05) is 20.8 Å². The molecular formula is C10H22AtNO4Si. The number of isocyanates is 1. The van der Waals surface area contributed by atoms with Crippen molar-refractivity contribution in [2.45, 2.75) is 33.2 Å². The van der Waals surface area contributed by atoms with Crippen LogP contribution in [0, 0.1) is 26.2 Å². The van der Waals surface area contributed by atoms with Crippen molar-refractivity contribution in [3.8, 4) is 0 Å². The van der Waals surface area contributed by atoms with Gasteiger partial charge >= 0.3 is 35.0 Å². The number of carbonyl (C=O) groups excluding carboxylic acids is 1. The Labute approximate surface area is 123 Å². The van der Waals surface area contributed by atoms with Crippen molar-refractivity contribution in [1.82, 2.24) is 0 Å². The number of rotatable bonds is 10. The first-order valence-electron chi connectivity index (χ1n) is 5.70. The predicted molar refractivity (Wildman–Crippen MR) is 64.4 cm³/mol. The molecule has 0 fully saturated rings. The molecule has 0 aliphatic heterocycles.